The lowest BCUT2D eigenvalue weighted by Gasteiger charge is -2.25. The van der Waals surface area contributed by atoms with Crippen LogP contribution < -0.4 is 27.4 Å². The number of imidazole rings is 1. The molecule has 0 aliphatic heterocycles. The molecule has 0 aliphatic carbocycles. The summed E-state index contributed by atoms with van der Waals surface area (Å²) in [6, 6.07) is 1.79. The van der Waals surface area contributed by atoms with Gasteiger partial charge in [0.15, 0.2) is 0 Å². The van der Waals surface area contributed by atoms with Crippen molar-refractivity contribution in [1.29, 1.82) is 0 Å². The number of carboxylic acid groups (broad SMARTS) is 1. The van der Waals surface area contributed by atoms with Gasteiger partial charge in [-0.05, 0) is 55.5 Å². The molecule has 2 rings (SSSR count). The number of nitrogens with one attached hydrogen (secondary N) is 4. The maximum Gasteiger partial charge on any atom is 0.326 e. The summed E-state index contributed by atoms with van der Waals surface area (Å²) in [4.78, 5) is 58.1. The first kappa shape index (κ1) is 32.6. The number of aromatic amines is 1. The molecule has 1 heterocycles. The molecule has 0 radical (unpaired) electrons. The summed E-state index contributed by atoms with van der Waals surface area (Å²) in [5.41, 5.74) is 12.7. The zero-order valence-electron chi connectivity index (χ0n) is 22.5. The Kier molecular flexibility index (Phi) is 14.0. The van der Waals surface area contributed by atoms with E-state index in [2.05, 4.69) is 25.9 Å². The van der Waals surface area contributed by atoms with Gasteiger partial charge in [0.25, 0.3) is 0 Å². The Labute approximate surface area is 237 Å². The molecule has 220 valence electrons. The van der Waals surface area contributed by atoms with Crippen molar-refractivity contribution in [3.63, 3.8) is 0 Å². The number of nitrogens with zero attached hydrogens (tertiary/aromatic N) is 1. The predicted molar refractivity (Wildman–Crippen MR) is 151 cm³/mol. The van der Waals surface area contributed by atoms with E-state index in [0.29, 0.717) is 42.8 Å². The van der Waals surface area contributed by atoms with Crippen molar-refractivity contribution in [2.75, 3.05) is 18.6 Å². The number of phenols is 1. The summed E-state index contributed by atoms with van der Waals surface area (Å²) in [7, 11) is 0. The highest BCUT2D eigenvalue weighted by Gasteiger charge is 2.31. The third-order valence-corrected chi connectivity index (χ3v) is 6.80. The highest BCUT2D eigenvalue weighted by molar-refractivity contribution is 7.98. The molecular formula is C26H39N7O6S. The molecule has 0 spiro atoms. The van der Waals surface area contributed by atoms with Crippen molar-refractivity contribution in [2.24, 2.45) is 11.5 Å². The molecule has 0 saturated heterocycles. The van der Waals surface area contributed by atoms with Crippen LogP contribution in [0.5, 0.6) is 5.75 Å². The van der Waals surface area contributed by atoms with Gasteiger partial charge in [-0.3, -0.25) is 14.4 Å². The molecule has 10 N–H and O–H groups in total. The molecule has 2 aromatic rings. The Bertz CT molecular complexity index is 1080. The lowest BCUT2D eigenvalue weighted by Crippen LogP contribution is -2.58. The first-order chi connectivity index (χ1) is 19.1. The molecule has 4 unspecified atom stereocenters. The van der Waals surface area contributed by atoms with Gasteiger partial charge in [0.1, 0.15) is 23.9 Å². The molecule has 0 aliphatic rings. The summed E-state index contributed by atoms with van der Waals surface area (Å²) < 4.78 is 0. The second-order valence-corrected chi connectivity index (χ2v) is 10.3. The molecule has 1 aromatic heterocycles. The van der Waals surface area contributed by atoms with E-state index in [4.69, 9.17) is 11.5 Å². The molecule has 40 heavy (non-hydrogen) atoms. The van der Waals surface area contributed by atoms with Gasteiger partial charge in [-0.25, -0.2) is 9.78 Å². The molecule has 0 fully saturated rings. The first-order valence-electron chi connectivity index (χ1n) is 13.0. The molecule has 4 atom stereocenters. The summed E-state index contributed by atoms with van der Waals surface area (Å²) in [6.45, 7) is 0.476. The topological polar surface area (TPSA) is 226 Å². The Hall–Kier alpha value is -3.62. The standard InChI is InChI=1S/C26H39N7O6S/c1-40-11-9-20(26(38)39)31-24(36)21(12-16-5-7-18(34)8-6-16)33-25(37)22(13-17-14-29-15-30-17)32-23(35)19(28)4-2-3-10-27/h5-8,14-15,19-22,34H,2-4,9-13,27-28H2,1H3,(H,29,30)(H,31,36)(H,32,35)(H,33,37)(H,38,39). The normalized spacial score (nSPS) is 14.0. The number of benzene rings is 1. The number of aliphatic carboxylic acids is 1. The van der Waals surface area contributed by atoms with E-state index in [1.807, 2.05) is 6.26 Å². The van der Waals surface area contributed by atoms with Crippen LogP contribution in [-0.4, -0.2) is 86.6 Å². The number of aromatic nitrogens is 2. The van der Waals surface area contributed by atoms with E-state index in [-0.39, 0.29) is 25.0 Å². The number of unbranched alkanes of at least 4 members (excludes halogenated alkanes) is 1. The zero-order valence-corrected chi connectivity index (χ0v) is 23.3. The maximum absolute atomic E-state index is 13.5. The van der Waals surface area contributed by atoms with Crippen LogP contribution in [0, 0.1) is 0 Å². The summed E-state index contributed by atoms with van der Waals surface area (Å²) >= 11 is 1.44. The number of hydrogen-bond donors (Lipinski definition) is 8. The number of nitrogens with two attached hydrogens (primary N) is 2. The van der Waals surface area contributed by atoms with Crippen LogP contribution in [0.1, 0.15) is 36.9 Å². The van der Waals surface area contributed by atoms with Gasteiger partial charge in [0.2, 0.25) is 17.7 Å². The van der Waals surface area contributed by atoms with Crippen LogP contribution in [0.3, 0.4) is 0 Å². The van der Waals surface area contributed by atoms with Crippen molar-refractivity contribution in [3.8, 4) is 5.75 Å². The van der Waals surface area contributed by atoms with Gasteiger partial charge < -0.3 is 42.6 Å². The molecule has 0 bridgehead atoms. The monoisotopic (exact) mass is 577 g/mol. The molecule has 0 saturated carbocycles. The summed E-state index contributed by atoms with van der Waals surface area (Å²) in [5.74, 6) is -2.53. The minimum Gasteiger partial charge on any atom is -0.508 e. The van der Waals surface area contributed by atoms with Gasteiger partial charge in [0.05, 0.1) is 12.4 Å². The fourth-order valence-electron chi connectivity index (χ4n) is 3.86. The number of phenolic OH excluding ortho intramolecular Hbond substituents is 1. The van der Waals surface area contributed by atoms with Crippen LogP contribution in [-0.2, 0) is 32.0 Å². The Morgan fingerprint density at radius 1 is 0.950 bits per heavy atom. The number of thioether (sulfide) groups is 1. The number of amides is 3. The molecule has 1 aromatic carbocycles. The van der Waals surface area contributed by atoms with Crippen LogP contribution in [0.4, 0.5) is 0 Å². The van der Waals surface area contributed by atoms with Crippen molar-refractivity contribution in [3.05, 3.63) is 48.0 Å². The van der Waals surface area contributed by atoms with E-state index in [9.17, 15) is 29.4 Å². The Morgan fingerprint density at radius 3 is 2.15 bits per heavy atom. The second kappa shape index (κ2) is 17.2. The average molecular weight is 578 g/mol. The van der Waals surface area contributed by atoms with Crippen molar-refractivity contribution in [1.82, 2.24) is 25.9 Å². The number of carbonyl (C=O) groups excluding carboxylic acids is 3. The maximum atomic E-state index is 13.5. The molecule has 3 amide bonds. The van der Waals surface area contributed by atoms with Crippen molar-refractivity contribution >= 4 is 35.5 Å². The first-order valence-corrected chi connectivity index (χ1v) is 14.4. The van der Waals surface area contributed by atoms with E-state index in [1.54, 1.807) is 12.1 Å². The van der Waals surface area contributed by atoms with E-state index in [1.165, 1.54) is 36.4 Å². The van der Waals surface area contributed by atoms with E-state index in [0.717, 1.165) is 0 Å². The van der Waals surface area contributed by atoms with Crippen LogP contribution in [0.15, 0.2) is 36.8 Å². The Morgan fingerprint density at radius 2 is 1.57 bits per heavy atom. The third kappa shape index (κ3) is 11.2. The van der Waals surface area contributed by atoms with Gasteiger partial charge >= 0.3 is 5.97 Å². The quantitative estimate of drug-likeness (QED) is 0.107. The largest absolute Gasteiger partial charge is 0.508 e. The second-order valence-electron chi connectivity index (χ2n) is 9.35. The number of aromatic hydroxyl groups is 1. The highest BCUT2D eigenvalue weighted by atomic mass is 32.2. The average Bonchev–Trinajstić information content (AvgIpc) is 3.44. The van der Waals surface area contributed by atoms with Crippen LogP contribution in [0.2, 0.25) is 0 Å². The fraction of sp³-hybridized carbons (Fsp3) is 0.500. The lowest BCUT2D eigenvalue weighted by atomic mass is 10.0. The van der Waals surface area contributed by atoms with Crippen molar-refractivity contribution < 1.29 is 29.4 Å². The zero-order chi connectivity index (χ0) is 29.5. The number of carbonyl (C=O) groups is 4. The van der Waals surface area contributed by atoms with Gasteiger partial charge in [-0.2, -0.15) is 11.8 Å². The van der Waals surface area contributed by atoms with Crippen LogP contribution >= 0.6 is 11.8 Å². The number of rotatable bonds is 18. The van der Waals surface area contributed by atoms with Gasteiger partial charge in [-0.1, -0.05) is 18.6 Å². The lowest BCUT2D eigenvalue weighted by molar-refractivity contribution is -0.142. The molecule has 13 nitrogen and oxygen atoms in total. The van der Waals surface area contributed by atoms with Gasteiger partial charge in [0, 0.05) is 24.7 Å². The SMILES string of the molecule is CSCCC(NC(=O)C(Cc1ccc(O)cc1)NC(=O)C(Cc1cnc[nH]1)NC(=O)C(N)CCCCN)C(=O)O. The minimum atomic E-state index is -1.19. The Balaban J connectivity index is 2.25. The number of carboxylic acids is 1. The highest BCUT2D eigenvalue weighted by Crippen LogP contribution is 2.13. The van der Waals surface area contributed by atoms with E-state index >= 15 is 0 Å². The molecular weight excluding hydrogens is 538 g/mol. The smallest absolute Gasteiger partial charge is 0.326 e. The fourth-order valence-corrected chi connectivity index (χ4v) is 4.33. The summed E-state index contributed by atoms with van der Waals surface area (Å²) in [6.07, 6.45) is 6.78. The number of hydrogen-bond acceptors (Lipinski definition) is 9. The van der Waals surface area contributed by atoms with E-state index < -0.39 is 47.9 Å². The van der Waals surface area contributed by atoms with Gasteiger partial charge in [-0.15, -0.1) is 0 Å². The summed E-state index contributed by atoms with van der Waals surface area (Å²) in [5, 5.41) is 27.0. The number of H-pyrrole nitrogens is 1. The minimum absolute atomic E-state index is 0.00997. The third-order valence-electron chi connectivity index (χ3n) is 6.15. The molecule has 14 heteroatoms. The van der Waals surface area contributed by atoms with Crippen molar-refractivity contribution in [2.45, 2.75) is 62.7 Å². The predicted octanol–water partition coefficient (Wildman–Crippen LogP) is -0.351. The van der Waals surface area contributed by atoms with Crippen LogP contribution in [0.25, 0.3) is 0 Å².